The molecule has 0 aliphatic heterocycles. The second kappa shape index (κ2) is 5.11. The number of carbonyl (C=O) groups is 1. The van der Waals surface area contributed by atoms with Crippen molar-refractivity contribution in [2.45, 2.75) is 5.75 Å². The molecule has 2 aromatic rings. The smallest absolute Gasteiger partial charge is 0.335 e. The van der Waals surface area contributed by atoms with Gasteiger partial charge in [0.2, 0.25) is 10.0 Å². The number of nitrogens with zero attached hydrogens (tertiary/aromatic N) is 1. The Bertz CT molecular complexity index is 680. The Kier molecular flexibility index (Phi) is 3.52. The Balaban J connectivity index is 2.16. The van der Waals surface area contributed by atoms with Crippen LogP contribution in [0.25, 0.3) is 0 Å². The van der Waals surface area contributed by atoms with Gasteiger partial charge in [0.05, 0.1) is 17.5 Å². The van der Waals surface area contributed by atoms with E-state index in [1.165, 1.54) is 30.5 Å². The highest BCUT2D eigenvalue weighted by molar-refractivity contribution is 7.91. The number of anilines is 1. The number of H-pyrrole nitrogens is 1. The summed E-state index contributed by atoms with van der Waals surface area (Å²) >= 11 is 0. The molecule has 0 amide bonds. The number of aromatic carboxylic acids is 1. The van der Waals surface area contributed by atoms with Crippen LogP contribution in [-0.4, -0.2) is 29.7 Å². The van der Waals surface area contributed by atoms with E-state index >= 15 is 0 Å². The normalized spacial score (nSPS) is 11.2. The van der Waals surface area contributed by atoms with Crippen LogP contribution in [0.1, 0.15) is 15.9 Å². The molecule has 1 aromatic heterocycles. The second-order valence-electron chi connectivity index (χ2n) is 3.84. The van der Waals surface area contributed by atoms with Crippen molar-refractivity contribution in [3.05, 3.63) is 47.7 Å². The molecule has 1 aromatic carbocycles. The first-order valence-electron chi connectivity index (χ1n) is 5.28. The van der Waals surface area contributed by atoms with Crippen molar-refractivity contribution >= 4 is 21.8 Å². The third-order valence-electron chi connectivity index (χ3n) is 2.30. The number of aromatic nitrogens is 2. The lowest BCUT2D eigenvalue weighted by Gasteiger charge is -2.06. The first kappa shape index (κ1) is 13.1. The average Bonchev–Trinajstić information content (AvgIpc) is 2.80. The fraction of sp³-hybridized carbons (Fsp3) is 0.0909. The minimum absolute atomic E-state index is 0.0502. The maximum absolute atomic E-state index is 11.8. The fourth-order valence-corrected chi connectivity index (χ4v) is 2.67. The van der Waals surface area contributed by atoms with Gasteiger partial charge >= 0.3 is 5.97 Å². The zero-order chi connectivity index (χ0) is 13.9. The Labute approximate surface area is 109 Å². The first-order chi connectivity index (χ1) is 8.96. The third kappa shape index (κ3) is 3.55. The standard InChI is InChI=1S/C11H11N3O4S/c15-11(16)9-3-1-2-8(6-9)7-19(17,18)14-10-4-5-12-13-10/h1-6H,7H2,(H,15,16)(H2,12,13,14). The molecule has 8 heteroatoms. The van der Waals surface area contributed by atoms with Gasteiger partial charge in [-0.25, -0.2) is 13.2 Å². The number of hydrogen-bond donors (Lipinski definition) is 3. The Morgan fingerprint density at radius 1 is 1.37 bits per heavy atom. The number of carboxylic acids is 1. The predicted octanol–water partition coefficient (Wildman–Crippen LogP) is 1.05. The van der Waals surface area contributed by atoms with Gasteiger partial charge in [-0.3, -0.25) is 9.82 Å². The molecule has 100 valence electrons. The van der Waals surface area contributed by atoms with Crippen molar-refractivity contribution in [3.8, 4) is 0 Å². The maximum atomic E-state index is 11.8. The molecule has 7 nitrogen and oxygen atoms in total. The highest BCUT2D eigenvalue weighted by atomic mass is 32.2. The van der Waals surface area contributed by atoms with Crippen molar-refractivity contribution in [2.24, 2.45) is 0 Å². The van der Waals surface area contributed by atoms with E-state index < -0.39 is 16.0 Å². The Hall–Kier alpha value is -2.35. The van der Waals surface area contributed by atoms with E-state index in [9.17, 15) is 13.2 Å². The van der Waals surface area contributed by atoms with E-state index in [4.69, 9.17) is 5.11 Å². The van der Waals surface area contributed by atoms with Crippen molar-refractivity contribution in [3.63, 3.8) is 0 Å². The Morgan fingerprint density at radius 3 is 2.79 bits per heavy atom. The van der Waals surface area contributed by atoms with Crippen LogP contribution in [0.15, 0.2) is 36.5 Å². The summed E-state index contributed by atoms with van der Waals surface area (Å²) in [4.78, 5) is 10.8. The zero-order valence-corrected chi connectivity index (χ0v) is 10.5. The molecule has 0 unspecified atom stereocenters. The van der Waals surface area contributed by atoms with Gasteiger partial charge in [-0.2, -0.15) is 5.10 Å². The van der Waals surface area contributed by atoms with Crippen molar-refractivity contribution in [2.75, 3.05) is 4.72 Å². The van der Waals surface area contributed by atoms with Gasteiger partial charge in [0.1, 0.15) is 5.82 Å². The van der Waals surface area contributed by atoms with Crippen LogP contribution in [-0.2, 0) is 15.8 Å². The molecule has 0 radical (unpaired) electrons. The monoisotopic (exact) mass is 281 g/mol. The molecular weight excluding hydrogens is 270 g/mol. The highest BCUT2D eigenvalue weighted by Gasteiger charge is 2.13. The van der Waals surface area contributed by atoms with Gasteiger partial charge in [-0.05, 0) is 17.7 Å². The molecule has 0 aliphatic rings. The molecule has 0 fully saturated rings. The van der Waals surface area contributed by atoms with E-state index in [-0.39, 0.29) is 17.1 Å². The lowest BCUT2D eigenvalue weighted by molar-refractivity contribution is 0.0696. The Morgan fingerprint density at radius 2 is 2.16 bits per heavy atom. The van der Waals surface area contributed by atoms with Crippen LogP contribution < -0.4 is 4.72 Å². The van der Waals surface area contributed by atoms with Gasteiger partial charge in [0.15, 0.2) is 0 Å². The molecular formula is C11H11N3O4S. The predicted molar refractivity (Wildman–Crippen MR) is 68.2 cm³/mol. The average molecular weight is 281 g/mol. The molecule has 0 atom stereocenters. The lowest BCUT2D eigenvalue weighted by Crippen LogP contribution is -2.15. The maximum Gasteiger partial charge on any atom is 0.335 e. The van der Waals surface area contributed by atoms with E-state index in [0.717, 1.165) is 0 Å². The number of benzene rings is 1. The van der Waals surface area contributed by atoms with Crippen LogP contribution in [0.4, 0.5) is 5.82 Å². The summed E-state index contributed by atoms with van der Waals surface area (Å²) in [6, 6.07) is 7.27. The SMILES string of the molecule is O=C(O)c1cccc(CS(=O)(=O)Nc2ccn[nH]2)c1. The van der Waals surface area contributed by atoms with Crippen LogP contribution in [0.5, 0.6) is 0 Å². The minimum Gasteiger partial charge on any atom is -0.478 e. The number of aromatic amines is 1. The van der Waals surface area contributed by atoms with Gasteiger partial charge in [-0.15, -0.1) is 0 Å². The second-order valence-corrected chi connectivity index (χ2v) is 5.56. The molecule has 19 heavy (non-hydrogen) atoms. The molecule has 1 heterocycles. The first-order valence-corrected chi connectivity index (χ1v) is 6.93. The zero-order valence-electron chi connectivity index (χ0n) is 9.70. The molecule has 0 saturated heterocycles. The van der Waals surface area contributed by atoms with Crippen molar-refractivity contribution in [1.29, 1.82) is 0 Å². The van der Waals surface area contributed by atoms with Crippen LogP contribution >= 0.6 is 0 Å². The van der Waals surface area contributed by atoms with Crippen molar-refractivity contribution < 1.29 is 18.3 Å². The molecule has 0 saturated carbocycles. The summed E-state index contributed by atoms with van der Waals surface area (Å²) in [5, 5.41) is 14.9. The van der Waals surface area contributed by atoms with E-state index in [0.29, 0.717) is 5.56 Å². The molecule has 0 spiro atoms. The van der Waals surface area contributed by atoms with E-state index in [2.05, 4.69) is 14.9 Å². The van der Waals surface area contributed by atoms with E-state index in [1.54, 1.807) is 6.07 Å². The van der Waals surface area contributed by atoms with Crippen LogP contribution in [0.3, 0.4) is 0 Å². The molecule has 0 bridgehead atoms. The minimum atomic E-state index is -3.61. The topological polar surface area (TPSA) is 112 Å². The number of sulfonamides is 1. The summed E-state index contributed by atoms with van der Waals surface area (Å²) < 4.78 is 26.0. The number of hydrogen-bond acceptors (Lipinski definition) is 4. The summed E-state index contributed by atoms with van der Waals surface area (Å²) in [6.45, 7) is 0. The third-order valence-corrected chi connectivity index (χ3v) is 3.54. The molecule has 0 aliphatic carbocycles. The van der Waals surface area contributed by atoms with Gasteiger partial charge < -0.3 is 5.11 Å². The largest absolute Gasteiger partial charge is 0.478 e. The molecule has 3 N–H and O–H groups in total. The quantitative estimate of drug-likeness (QED) is 0.758. The highest BCUT2D eigenvalue weighted by Crippen LogP contribution is 2.11. The van der Waals surface area contributed by atoms with Crippen LogP contribution in [0, 0.1) is 0 Å². The van der Waals surface area contributed by atoms with Gasteiger partial charge in [-0.1, -0.05) is 12.1 Å². The summed E-state index contributed by atoms with van der Waals surface area (Å²) in [5.74, 6) is -1.15. The summed E-state index contributed by atoms with van der Waals surface area (Å²) in [5.41, 5.74) is 0.446. The molecule has 2 rings (SSSR count). The van der Waals surface area contributed by atoms with E-state index in [1.807, 2.05) is 0 Å². The number of nitrogens with one attached hydrogen (secondary N) is 2. The lowest BCUT2D eigenvalue weighted by atomic mass is 10.1. The number of rotatable bonds is 5. The van der Waals surface area contributed by atoms with Gasteiger partial charge in [0, 0.05) is 6.07 Å². The van der Waals surface area contributed by atoms with Crippen molar-refractivity contribution in [1.82, 2.24) is 10.2 Å². The number of carboxylic acid groups (broad SMARTS) is 1. The van der Waals surface area contributed by atoms with Gasteiger partial charge in [0.25, 0.3) is 0 Å². The van der Waals surface area contributed by atoms with Crippen LogP contribution in [0.2, 0.25) is 0 Å². The summed E-state index contributed by atoms with van der Waals surface area (Å²) in [7, 11) is -3.61. The fourth-order valence-electron chi connectivity index (χ4n) is 1.53. The summed E-state index contributed by atoms with van der Waals surface area (Å²) in [6.07, 6.45) is 1.42.